The highest BCUT2D eigenvalue weighted by Crippen LogP contribution is 2.35. The second-order valence-electron chi connectivity index (χ2n) is 5.80. The number of aliphatic hydroxyl groups is 1. The molecule has 1 fully saturated rings. The lowest BCUT2D eigenvalue weighted by Crippen LogP contribution is -2.38. The summed E-state index contributed by atoms with van der Waals surface area (Å²) in [5, 5.41) is 13.7. The Morgan fingerprint density at radius 1 is 1.26 bits per heavy atom. The molecule has 2 atom stereocenters. The molecule has 0 aliphatic heterocycles. The predicted octanol–water partition coefficient (Wildman–Crippen LogP) is 2.75. The number of hydrogen-bond acceptors (Lipinski definition) is 3. The first kappa shape index (κ1) is 14.4. The van der Waals surface area contributed by atoms with Gasteiger partial charge in [0.2, 0.25) is 0 Å². The fourth-order valence-corrected chi connectivity index (χ4v) is 2.59. The summed E-state index contributed by atoms with van der Waals surface area (Å²) >= 11 is 0. The number of ether oxygens (including phenoxy) is 1. The van der Waals surface area contributed by atoms with E-state index in [1.165, 1.54) is 12.8 Å². The van der Waals surface area contributed by atoms with Gasteiger partial charge in [0.25, 0.3) is 0 Å². The van der Waals surface area contributed by atoms with Crippen LogP contribution in [0.1, 0.15) is 38.4 Å². The van der Waals surface area contributed by atoms with Gasteiger partial charge in [0.05, 0.1) is 13.2 Å². The molecule has 1 aromatic rings. The van der Waals surface area contributed by atoms with Crippen LogP contribution in [0.5, 0.6) is 5.75 Å². The van der Waals surface area contributed by atoms with Gasteiger partial charge in [-0.3, -0.25) is 0 Å². The van der Waals surface area contributed by atoms with Gasteiger partial charge in [-0.2, -0.15) is 0 Å². The minimum Gasteiger partial charge on any atom is -0.497 e. The zero-order valence-corrected chi connectivity index (χ0v) is 12.1. The summed E-state index contributed by atoms with van der Waals surface area (Å²) < 4.78 is 5.12. The van der Waals surface area contributed by atoms with E-state index < -0.39 is 6.10 Å². The molecule has 0 spiro atoms. The molecule has 2 N–H and O–H groups in total. The summed E-state index contributed by atoms with van der Waals surface area (Å²) in [4.78, 5) is 0. The van der Waals surface area contributed by atoms with Gasteiger partial charge in [0, 0.05) is 12.6 Å². The molecule has 2 rings (SSSR count). The van der Waals surface area contributed by atoms with E-state index in [-0.39, 0.29) is 0 Å². The fourth-order valence-electron chi connectivity index (χ4n) is 2.59. The molecule has 1 aromatic carbocycles. The summed E-state index contributed by atoms with van der Waals surface area (Å²) in [7, 11) is 1.65. The van der Waals surface area contributed by atoms with Gasteiger partial charge in [-0.05, 0) is 42.4 Å². The lowest BCUT2D eigenvalue weighted by molar-refractivity contribution is 0.162. The van der Waals surface area contributed by atoms with E-state index in [2.05, 4.69) is 19.2 Å². The lowest BCUT2D eigenvalue weighted by atomic mass is 9.99. The first-order valence-corrected chi connectivity index (χ1v) is 7.17. The van der Waals surface area contributed by atoms with Crippen LogP contribution in [0.2, 0.25) is 0 Å². The van der Waals surface area contributed by atoms with Gasteiger partial charge in [0.1, 0.15) is 5.75 Å². The molecule has 0 radical (unpaired) electrons. The van der Waals surface area contributed by atoms with Crippen molar-refractivity contribution < 1.29 is 9.84 Å². The van der Waals surface area contributed by atoms with Gasteiger partial charge < -0.3 is 15.2 Å². The average Bonchev–Trinajstić information content (AvgIpc) is 3.23. The topological polar surface area (TPSA) is 41.5 Å². The normalized spacial score (nSPS) is 18.4. The standard InChI is InChI=1S/C16H25NO2/c1-11(2)16(13-4-5-13)17-10-15(18)12-6-8-14(19-3)9-7-12/h6-9,11,13,15-18H,4-5,10H2,1-3H3/t15-,16-/m1/s1. The summed E-state index contributed by atoms with van der Waals surface area (Å²) in [5.74, 6) is 2.25. The average molecular weight is 263 g/mol. The van der Waals surface area contributed by atoms with Crippen LogP contribution < -0.4 is 10.1 Å². The summed E-state index contributed by atoms with van der Waals surface area (Å²) in [5.41, 5.74) is 0.937. The predicted molar refractivity (Wildman–Crippen MR) is 77.3 cm³/mol. The van der Waals surface area contributed by atoms with Crippen molar-refractivity contribution in [1.82, 2.24) is 5.32 Å². The molecular formula is C16H25NO2. The van der Waals surface area contributed by atoms with Crippen molar-refractivity contribution in [3.63, 3.8) is 0 Å². The number of aliphatic hydroxyl groups excluding tert-OH is 1. The van der Waals surface area contributed by atoms with Crippen molar-refractivity contribution in [3.8, 4) is 5.75 Å². The maximum absolute atomic E-state index is 10.2. The zero-order valence-electron chi connectivity index (χ0n) is 12.1. The van der Waals surface area contributed by atoms with Crippen molar-refractivity contribution in [3.05, 3.63) is 29.8 Å². The number of rotatable bonds is 7. The first-order chi connectivity index (χ1) is 9.11. The third-order valence-corrected chi connectivity index (χ3v) is 3.90. The number of benzene rings is 1. The van der Waals surface area contributed by atoms with Crippen molar-refractivity contribution in [1.29, 1.82) is 0 Å². The van der Waals surface area contributed by atoms with Crippen LogP contribution in [0.15, 0.2) is 24.3 Å². The van der Waals surface area contributed by atoms with Crippen molar-refractivity contribution in [2.24, 2.45) is 11.8 Å². The number of nitrogens with one attached hydrogen (secondary N) is 1. The number of hydrogen-bond donors (Lipinski definition) is 2. The summed E-state index contributed by atoms with van der Waals surface area (Å²) in [6.07, 6.45) is 2.20. The summed E-state index contributed by atoms with van der Waals surface area (Å²) in [6, 6.07) is 8.16. The van der Waals surface area contributed by atoms with E-state index in [1.54, 1.807) is 7.11 Å². The molecule has 1 aliphatic rings. The molecule has 1 saturated carbocycles. The van der Waals surface area contributed by atoms with Crippen molar-refractivity contribution >= 4 is 0 Å². The molecule has 3 nitrogen and oxygen atoms in total. The second-order valence-corrected chi connectivity index (χ2v) is 5.80. The maximum atomic E-state index is 10.2. The molecule has 0 bridgehead atoms. The molecular weight excluding hydrogens is 238 g/mol. The fraction of sp³-hybridized carbons (Fsp3) is 0.625. The van der Waals surface area contributed by atoms with Crippen LogP contribution in [0.4, 0.5) is 0 Å². The SMILES string of the molecule is COc1ccc([C@H](O)CN[C@H](C(C)C)C2CC2)cc1. The van der Waals surface area contributed by atoms with Crippen LogP contribution in [0, 0.1) is 11.8 Å². The molecule has 3 heteroatoms. The molecule has 1 aliphatic carbocycles. The van der Waals surface area contributed by atoms with Crippen LogP contribution in [0.3, 0.4) is 0 Å². The van der Waals surface area contributed by atoms with Gasteiger partial charge in [-0.15, -0.1) is 0 Å². The lowest BCUT2D eigenvalue weighted by Gasteiger charge is -2.24. The van der Waals surface area contributed by atoms with Crippen molar-refractivity contribution in [2.45, 2.75) is 38.8 Å². The Morgan fingerprint density at radius 2 is 1.89 bits per heavy atom. The molecule has 19 heavy (non-hydrogen) atoms. The zero-order chi connectivity index (χ0) is 13.8. The highest BCUT2D eigenvalue weighted by Gasteiger charge is 2.32. The minimum absolute atomic E-state index is 0.453. The minimum atomic E-state index is -0.453. The number of methoxy groups -OCH3 is 1. The third kappa shape index (κ3) is 3.95. The largest absolute Gasteiger partial charge is 0.497 e. The molecule has 0 unspecified atom stereocenters. The van der Waals surface area contributed by atoms with E-state index in [0.717, 1.165) is 17.2 Å². The third-order valence-electron chi connectivity index (χ3n) is 3.90. The monoisotopic (exact) mass is 263 g/mol. The van der Waals surface area contributed by atoms with E-state index in [0.29, 0.717) is 18.5 Å². The van der Waals surface area contributed by atoms with Gasteiger partial charge >= 0.3 is 0 Å². The Labute approximate surface area is 116 Å². The summed E-state index contributed by atoms with van der Waals surface area (Å²) in [6.45, 7) is 5.11. The molecule has 0 saturated heterocycles. The Kier molecular flexibility index (Phi) is 4.83. The first-order valence-electron chi connectivity index (χ1n) is 7.17. The van der Waals surface area contributed by atoms with Crippen molar-refractivity contribution in [2.75, 3.05) is 13.7 Å². The highest BCUT2D eigenvalue weighted by atomic mass is 16.5. The van der Waals surface area contributed by atoms with Gasteiger partial charge in [0.15, 0.2) is 0 Å². The van der Waals surface area contributed by atoms with Crippen LogP contribution >= 0.6 is 0 Å². The molecule has 0 aromatic heterocycles. The highest BCUT2D eigenvalue weighted by molar-refractivity contribution is 5.28. The smallest absolute Gasteiger partial charge is 0.118 e. The Bertz CT molecular complexity index is 382. The van der Waals surface area contributed by atoms with Crippen LogP contribution in [-0.2, 0) is 0 Å². The van der Waals surface area contributed by atoms with E-state index in [9.17, 15) is 5.11 Å². The van der Waals surface area contributed by atoms with Crippen LogP contribution in [-0.4, -0.2) is 24.8 Å². The van der Waals surface area contributed by atoms with Crippen LogP contribution in [0.25, 0.3) is 0 Å². The quantitative estimate of drug-likeness (QED) is 0.795. The molecule has 0 heterocycles. The Morgan fingerprint density at radius 3 is 2.37 bits per heavy atom. The van der Waals surface area contributed by atoms with E-state index in [1.807, 2.05) is 24.3 Å². The maximum Gasteiger partial charge on any atom is 0.118 e. The van der Waals surface area contributed by atoms with Gasteiger partial charge in [-0.1, -0.05) is 26.0 Å². The second kappa shape index (κ2) is 6.40. The molecule has 0 amide bonds. The Hall–Kier alpha value is -1.06. The Balaban J connectivity index is 1.87. The van der Waals surface area contributed by atoms with E-state index >= 15 is 0 Å². The molecule has 106 valence electrons. The van der Waals surface area contributed by atoms with E-state index in [4.69, 9.17) is 4.74 Å². The van der Waals surface area contributed by atoms with Gasteiger partial charge in [-0.25, -0.2) is 0 Å².